The molecule has 246 valence electrons. The number of anilines is 4. The van der Waals surface area contributed by atoms with Gasteiger partial charge in [-0.15, -0.1) is 0 Å². The maximum atomic E-state index is 13.9. The lowest BCUT2D eigenvalue weighted by Gasteiger charge is -2.21. The number of para-hydroxylation sites is 1. The van der Waals surface area contributed by atoms with E-state index in [1.807, 2.05) is 57.2 Å². The van der Waals surface area contributed by atoms with Crippen molar-refractivity contribution in [2.24, 2.45) is 0 Å². The van der Waals surface area contributed by atoms with E-state index in [2.05, 4.69) is 30.3 Å². The number of nitrogens with zero attached hydrogens (tertiary/aromatic N) is 6. The molecule has 5 N–H and O–H groups in total. The normalized spacial score (nSPS) is 12.1. The Balaban J connectivity index is 1.41. The zero-order chi connectivity index (χ0) is 34.0. The Kier molecular flexibility index (Phi) is 8.69. The zero-order valence-electron chi connectivity index (χ0n) is 26.7. The highest BCUT2D eigenvalue weighted by atomic mass is 32.2. The van der Waals surface area contributed by atoms with Crippen LogP contribution in [0.2, 0.25) is 0 Å². The van der Waals surface area contributed by atoms with Crippen molar-refractivity contribution in [1.29, 1.82) is 0 Å². The number of pyridine rings is 1. The lowest BCUT2D eigenvalue weighted by Crippen LogP contribution is -2.29. The number of rotatable bonds is 11. The number of nitrogens with two attached hydrogens (primary N) is 1. The first-order valence-electron chi connectivity index (χ1n) is 15.1. The van der Waals surface area contributed by atoms with Gasteiger partial charge in [-0.3, -0.25) is 14.1 Å². The third-order valence-corrected chi connectivity index (χ3v) is 9.06. The number of hydrogen-bond acceptors (Lipinski definition) is 11. The quantitative estimate of drug-likeness (QED) is 0.151. The number of aryl methyl sites for hydroxylation is 1. The van der Waals surface area contributed by atoms with Crippen molar-refractivity contribution in [1.82, 2.24) is 29.1 Å². The molecule has 0 aliphatic carbocycles. The second kappa shape index (κ2) is 13.0. The molecular formula is C33H34N10O4S. The monoisotopic (exact) mass is 666 g/mol. The Bertz CT molecular complexity index is 2270. The van der Waals surface area contributed by atoms with Crippen LogP contribution in [0.4, 0.5) is 23.1 Å². The highest BCUT2D eigenvalue weighted by molar-refractivity contribution is 7.92. The summed E-state index contributed by atoms with van der Waals surface area (Å²) in [6.45, 7) is 6.09. The lowest BCUT2D eigenvalue weighted by molar-refractivity contribution is 0.414. The summed E-state index contributed by atoms with van der Waals surface area (Å²) in [5.74, 6) is 1.73. The second-order valence-electron chi connectivity index (χ2n) is 10.9. The van der Waals surface area contributed by atoms with Gasteiger partial charge < -0.3 is 21.1 Å². The first-order valence-corrected chi connectivity index (χ1v) is 16.5. The summed E-state index contributed by atoms with van der Waals surface area (Å²) < 4.78 is 37.8. The predicted octanol–water partition coefficient (Wildman–Crippen LogP) is 4.64. The second-order valence-corrected chi connectivity index (χ2v) is 12.6. The van der Waals surface area contributed by atoms with E-state index < -0.39 is 16.1 Å². The van der Waals surface area contributed by atoms with Crippen molar-refractivity contribution >= 4 is 38.7 Å². The number of benzene rings is 2. The summed E-state index contributed by atoms with van der Waals surface area (Å²) in [6.07, 6.45) is 4.62. The highest BCUT2D eigenvalue weighted by Crippen LogP contribution is 2.36. The molecule has 0 spiro atoms. The Labute approximate surface area is 276 Å². The molecule has 48 heavy (non-hydrogen) atoms. The van der Waals surface area contributed by atoms with E-state index in [0.717, 1.165) is 5.56 Å². The number of fused-ring (bicyclic) bond motifs is 1. The number of nitrogen functional groups attached to an aromatic ring is 1. The summed E-state index contributed by atoms with van der Waals surface area (Å²) in [6, 6.07) is 18.2. The number of ether oxygens (including phenoxy) is 1. The molecule has 15 heteroatoms. The van der Waals surface area contributed by atoms with Gasteiger partial charge in [-0.25, -0.2) is 27.9 Å². The van der Waals surface area contributed by atoms with Crippen LogP contribution in [0.1, 0.15) is 31.3 Å². The smallest absolute Gasteiger partial charge is 0.282 e. The van der Waals surface area contributed by atoms with Crippen LogP contribution in [0.15, 0.2) is 95.1 Å². The fourth-order valence-electron chi connectivity index (χ4n) is 5.35. The van der Waals surface area contributed by atoms with Crippen molar-refractivity contribution in [3.63, 3.8) is 0 Å². The largest absolute Gasteiger partial charge is 0.497 e. The topological polar surface area (TPSA) is 183 Å². The summed E-state index contributed by atoms with van der Waals surface area (Å²) in [7, 11) is -2.51. The Morgan fingerprint density at radius 2 is 1.75 bits per heavy atom. The van der Waals surface area contributed by atoms with Crippen molar-refractivity contribution in [3.05, 3.63) is 107 Å². The van der Waals surface area contributed by atoms with Gasteiger partial charge in [0.15, 0.2) is 5.82 Å². The van der Waals surface area contributed by atoms with E-state index in [1.54, 1.807) is 39.7 Å². The highest BCUT2D eigenvalue weighted by Gasteiger charge is 2.24. The SMILES string of the molecule is CCNc1ncc(-c2c(N)ncnc2NC(C)c2nn3ccc(C)c3c(=O)n2-c2ccccc2)cc1NS(=O)(=O)c1ccc(OC)cc1. The molecule has 0 saturated heterocycles. The van der Waals surface area contributed by atoms with Gasteiger partial charge in [0.05, 0.1) is 35.0 Å². The van der Waals surface area contributed by atoms with Gasteiger partial charge in [0.2, 0.25) is 0 Å². The number of methoxy groups -OCH3 is 1. The van der Waals surface area contributed by atoms with Gasteiger partial charge in [0.25, 0.3) is 15.6 Å². The molecule has 0 fully saturated rings. The fraction of sp³-hybridized carbons (Fsp3) is 0.182. The molecule has 4 aromatic heterocycles. The summed E-state index contributed by atoms with van der Waals surface area (Å²) >= 11 is 0. The third kappa shape index (κ3) is 6.10. The molecule has 0 saturated carbocycles. The summed E-state index contributed by atoms with van der Waals surface area (Å²) in [5.41, 5.74) is 9.16. The first-order chi connectivity index (χ1) is 23.1. The van der Waals surface area contributed by atoms with Crippen LogP contribution < -0.4 is 31.4 Å². The molecule has 0 aliphatic rings. The van der Waals surface area contributed by atoms with Crippen LogP contribution >= 0.6 is 0 Å². The van der Waals surface area contributed by atoms with E-state index in [4.69, 9.17) is 15.6 Å². The van der Waals surface area contributed by atoms with Gasteiger partial charge in [-0.1, -0.05) is 18.2 Å². The summed E-state index contributed by atoms with van der Waals surface area (Å²) in [5, 5.41) is 11.3. The number of sulfonamides is 1. The Hall–Kier alpha value is -5.96. The standard InChI is InChI=1S/C33H34N10O4S/c1-5-35-30-26(41-48(45,46)25-13-11-24(47-4)12-14-25)17-22(18-36-30)27-29(34)37-19-38-31(27)39-21(3)32-40-42-16-15-20(2)28(42)33(44)43(32)23-9-7-6-8-10-23/h6-19,21,41H,5H2,1-4H3,(H,35,36)(H3,34,37,38,39). The molecule has 0 amide bonds. The van der Waals surface area contributed by atoms with Crippen LogP contribution in [0.3, 0.4) is 0 Å². The molecule has 6 aromatic rings. The van der Waals surface area contributed by atoms with Gasteiger partial charge >= 0.3 is 0 Å². The van der Waals surface area contributed by atoms with Gasteiger partial charge in [-0.05, 0) is 74.9 Å². The van der Waals surface area contributed by atoms with Crippen molar-refractivity contribution in [3.8, 4) is 22.6 Å². The van der Waals surface area contributed by atoms with Crippen LogP contribution in [-0.2, 0) is 10.0 Å². The number of hydrogen-bond donors (Lipinski definition) is 4. The first kappa shape index (κ1) is 32.0. The predicted molar refractivity (Wildman–Crippen MR) is 185 cm³/mol. The van der Waals surface area contributed by atoms with E-state index in [1.165, 1.54) is 25.6 Å². The molecular weight excluding hydrogens is 632 g/mol. The molecule has 0 aliphatic heterocycles. The molecule has 0 bridgehead atoms. The fourth-order valence-corrected chi connectivity index (χ4v) is 6.40. The maximum absolute atomic E-state index is 13.9. The minimum atomic E-state index is -4.01. The molecule has 14 nitrogen and oxygen atoms in total. The molecule has 6 rings (SSSR count). The minimum absolute atomic E-state index is 0.0432. The van der Waals surface area contributed by atoms with Crippen LogP contribution in [0.25, 0.3) is 22.3 Å². The minimum Gasteiger partial charge on any atom is -0.497 e. The van der Waals surface area contributed by atoms with Crippen LogP contribution in [0, 0.1) is 6.92 Å². The molecule has 1 unspecified atom stereocenters. The Morgan fingerprint density at radius 3 is 2.46 bits per heavy atom. The molecule has 0 radical (unpaired) electrons. The van der Waals surface area contributed by atoms with Crippen LogP contribution in [0.5, 0.6) is 5.75 Å². The molecule has 2 aromatic carbocycles. The zero-order valence-corrected chi connectivity index (χ0v) is 27.5. The van der Waals surface area contributed by atoms with Crippen LogP contribution in [-0.4, -0.2) is 51.2 Å². The van der Waals surface area contributed by atoms with E-state index in [9.17, 15) is 13.2 Å². The van der Waals surface area contributed by atoms with E-state index in [-0.39, 0.29) is 22.0 Å². The maximum Gasteiger partial charge on any atom is 0.282 e. The Morgan fingerprint density at radius 1 is 1.00 bits per heavy atom. The average molecular weight is 667 g/mol. The number of aromatic nitrogens is 6. The molecule has 4 heterocycles. The number of nitrogens with one attached hydrogen (secondary N) is 3. The van der Waals surface area contributed by atoms with Gasteiger partial charge in [0.1, 0.15) is 35.0 Å². The molecule has 1 atom stereocenters. The third-order valence-electron chi connectivity index (χ3n) is 7.68. The average Bonchev–Trinajstić information content (AvgIpc) is 3.46. The van der Waals surface area contributed by atoms with Gasteiger partial charge in [0, 0.05) is 24.5 Å². The summed E-state index contributed by atoms with van der Waals surface area (Å²) in [4.78, 5) is 27.1. The van der Waals surface area contributed by atoms with E-state index >= 15 is 0 Å². The van der Waals surface area contributed by atoms with Gasteiger partial charge in [-0.2, -0.15) is 5.10 Å². The lowest BCUT2D eigenvalue weighted by atomic mass is 10.1. The van der Waals surface area contributed by atoms with E-state index in [0.29, 0.717) is 52.1 Å². The van der Waals surface area contributed by atoms with Crippen molar-refractivity contribution in [2.75, 3.05) is 34.7 Å². The van der Waals surface area contributed by atoms with Crippen molar-refractivity contribution < 1.29 is 13.2 Å². The van der Waals surface area contributed by atoms with Crippen molar-refractivity contribution in [2.45, 2.75) is 31.7 Å².